The Morgan fingerprint density at radius 3 is 2.47 bits per heavy atom. The van der Waals surface area contributed by atoms with E-state index in [1.165, 1.54) is 12.1 Å². The summed E-state index contributed by atoms with van der Waals surface area (Å²) in [6.07, 6.45) is -6.32. The quantitative estimate of drug-likeness (QED) is 0.762. The highest BCUT2D eigenvalue weighted by atomic mass is 35.5. The number of hydrogen-bond acceptors (Lipinski definition) is 3. The Hall–Kier alpha value is -1.04. The summed E-state index contributed by atoms with van der Waals surface area (Å²) in [6, 6.07) is 2.76. The van der Waals surface area contributed by atoms with Crippen molar-refractivity contribution < 1.29 is 17.9 Å². The van der Waals surface area contributed by atoms with Crippen LogP contribution in [0, 0.1) is 0 Å². The molecule has 0 aromatic carbocycles. The molecule has 0 N–H and O–H groups in total. The number of halogens is 4. The summed E-state index contributed by atoms with van der Waals surface area (Å²) in [4.78, 5) is 0. The predicted octanol–water partition coefficient (Wildman–Crippen LogP) is 2.55. The first-order valence-electron chi connectivity index (χ1n) is 4.05. The van der Waals surface area contributed by atoms with E-state index < -0.39 is 12.3 Å². The lowest BCUT2D eigenvalue weighted by Gasteiger charge is -2.16. The highest BCUT2D eigenvalue weighted by Gasteiger charge is 2.38. The van der Waals surface area contributed by atoms with Crippen LogP contribution in [0.3, 0.4) is 0 Å². The van der Waals surface area contributed by atoms with E-state index in [4.69, 9.17) is 11.6 Å². The lowest BCUT2D eigenvalue weighted by atomic mass is 10.4. The molecule has 0 saturated heterocycles. The van der Waals surface area contributed by atoms with Crippen molar-refractivity contribution in [1.82, 2.24) is 10.2 Å². The molecule has 3 nitrogen and oxygen atoms in total. The van der Waals surface area contributed by atoms with Crippen LogP contribution in [-0.4, -0.2) is 22.5 Å². The molecule has 1 aromatic rings. The molecule has 1 aromatic heterocycles. The molecule has 0 saturated carbocycles. The van der Waals surface area contributed by atoms with Crippen LogP contribution < -0.4 is 4.74 Å². The van der Waals surface area contributed by atoms with E-state index in [0.717, 1.165) is 6.92 Å². The van der Waals surface area contributed by atoms with Crippen molar-refractivity contribution in [3.05, 3.63) is 17.8 Å². The topological polar surface area (TPSA) is 35.0 Å². The van der Waals surface area contributed by atoms with E-state index in [1.54, 1.807) is 0 Å². The average molecular weight is 241 g/mol. The van der Waals surface area contributed by atoms with Crippen LogP contribution >= 0.6 is 11.6 Å². The fourth-order valence-electron chi connectivity index (χ4n) is 0.730. The van der Waals surface area contributed by atoms with Crippen LogP contribution in [-0.2, 0) is 5.88 Å². The van der Waals surface area contributed by atoms with Crippen LogP contribution in [0.15, 0.2) is 12.1 Å². The first kappa shape index (κ1) is 12.0. The van der Waals surface area contributed by atoms with E-state index in [1.807, 2.05) is 0 Å². The zero-order valence-electron chi connectivity index (χ0n) is 7.75. The number of rotatable bonds is 3. The third-order valence-corrected chi connectivity index (χ3v) is 1.86. The zero-order chi connectivity index (χ0) is 11.5. The van der Waals surface area contributed by atoms with Gasteiger partial charge < -0.3 is 4.74 Å². The Bertz CT molecular complexity index is 315. The molecule has 0 aliphatic rings. The molecule has 1 unspecified atom stereocenters. The van der Waals surface area contributed by atoms with Crippen molar-refractivity contribution in [2.45, 2.75) is 25.1 Å². The van der Waals surface area contributed by atoms with E-state index in [2.05, 4.69) is 14.9 Å². The van der Waals surface area contributed by atoms with Crippen LogP contribution in [0.4, 0.5) is 13.2 Å². The number of nitrogens with zero attached hydrogens (tertiary/aromatic N) is 2. The number of alkyl halides is 4. The molecule has 15 heavy (non-hydrogen) atoms. The minimum Gasteiger partial charge on any atom is -0.464 e. The van der Waals surface area contributed by atoms with Gasteiger partial charge in [-0.05, 0) is 13.0 Å². The van der Waals surface area contributed by atoms with Gasteiger partial charge in [-0.25, -0.2) is 0 Å². The Morgan fingerprint density at radius 1 is 1.40 bits per heavy atom. The fourth-order valence-corrected chi connectivity index (χ4v) is 0.872. The summed E-state index contributed by atoms with van der Waals surface area (Å²) in [6.45, 7) is 0.900. The first-order chi connectivity index (χ1) is 6.93. The van der Waals surface area contributed by atoms with Gasteiger partial charge >= 0.3 is 6.18 Å². The number of aromatic nitrogens is 2. The van der Waals surface area contributed by atoms with E-state index in [9.17, 15) is 13.2 Å². The Balaban J connectivity index is 2.65. The van der Waals surface area contributed by atoms with Gasteiger partial charge in [0.25, 0.3) is 0 Å². The summed E-state index contributed by atoms with van der Waals surface area (Å²) >= 11 is 5.43. The lowest BCUT2D eigenvalue weighted by Crippen LogP contribution is -2.31. The zero-order valence-corrected chi connectivity index (χ0v) is 8.51. The van der Waals surface area contributed by atoms with Crippen molar-refractivity contribution >= 4 is 11.6 Å². The molecule has 0 aliphatic carbocycles. The van der Waals surface area contributed by atoms with E-state index in [0.29, 0.717) is 5.69 Å². The molecule has 1 rings (SSSR count). The maximum absolute atomic E-state index is 12.1. The van der Waals surface area contributed by atoms with Gasteiger partial charge in [-0.1, -0.05) is 0 Å². The molecule has 0 bridgehead atoms. The molecule has 1 atom stereocenters. The minimum absolute atomic E-state index is 0.155. The first-order valence-corrected chi connectivity index (χ1v) is 4.59. The van der Waals surface area contributed by atoms with Gasteiger partial charge in [-0.2, -0.15) is 18.3 Å². The Labute approximate surface area is 89.2 Å². The van der Waals surface area contributed by atoms with Crippen LogP contribution in [0.25, 0.3) is 0 Å². The SMILES string of the molecule is CC(Oc1ccc(CCl)nn1)C(F)(F)F. The molecule has 0 fully saturated rings. The van der Waals surface area contributed by atoms with Crippen LogP contribution in [0.2, 0.25) is 0 Å². The highest BCUT2D eigenvalue weighted by Crippen LogP contribution is 2.23. The van der Waals surface area contributed by atoms with E-state index in [-0.39, 0.29) is 11.8 Å². The molecule has 0 aliphatic heterocycles. The van der Waals surface area contributed by atoms with Crippen molar-refractivity contribution in [2.75, 3.05) is 0 Å². The second kappa shape index (κ2) is 4.65. The Kier molecular flexibility index (Phi) is 3.73. The molecule has 84 valence electrons. The summed E-state index contributed by atoms with van der Waals surface area (Å²) in [5, 5.41) is 7.00. The average Bonchev–Trinajstić information content (AvgIpc) is 2.17. The fraction of sp³-hybridized carbons (Fsp3) is 0.500. The maximum atomic E-state index is 12.1. The van der Waals surface area contributed by atoms with Gasteiger partial charge in [0.1, 0.15) is 0 Å². The monoisotopic (exact) mass is 240 g/mol. The van der Waals surface area contributed by atoms with Gasteiger partial charge in [0.05, 0.1) is 11.6 Å². The molecule has 0 spiro atoms. The van der Waals surface area contributed by atoms with Gasteiger partial charge in [-0.3, -0.25) is 0 Å². The molecule has 0 amide bonds. The summed E-state index contributed by atoms with van der Waals surface area (Å²) in [7, 11) is 0. The molecule has 0 radical (unpaired) electrons. The normalized spacial score (nSPS) is 13.7. The number of hydrogen-bond donors (Lipinski definition) is 0. The predicted molar refractivity (Wildman–Crippen MR) is 47.7 cm³/mol. The number of ether oxygens (including phenoxy) is 1. The van der Waals surface area contributed by atoms with Crippen molar-refractivity contribution in [3.8, 4) is 5.88 Å². The van der Waals surface area contributed by atoms with Gasteiger partial charge in [-0.15, -0.1) is 16.7 Å². The second-order valence-electron chi connectivity index (χ2n) is 2.80. The van der Waals surface area contributed by atoms with Crippen LogP contribution in [0.1, 0.15) is 12.6 Å². The largest absolute Gasteiger partial charge is 0.464 e. The van der Waals surface area contributed by atoms with Gasteiger partial charge in [0, 0.05) is 6.07 Å². The maximum Gasteiger partial charge on any atom is 0.425 e. The smallest absolute Gasteiger partial charge is 0.425 e. The molecule has 7 heteroatoms. The Morgan fingerprint density at radius 2 is 2.07 bits per heavy atom. The summed E-state index contributed by atoms with van der Waals surface area (Å²) in [5.74, 6) is -0.0176. The van der Waals surface area contributed by atoms with Gasteiger partial charge in [0.2, 0.25) is 5.88 Å². The standard InChI is InChI=1S/C8H8ClF3N2O/c1-5(8(10,11)12)15-7-3-2-6(4-9)13-14-7/h2-3,5H,4H2,1H3. The summed E-state index contributed by atoms with van der Waals surface area (Å²) in [5.41, 5.74) is 0.476. The van der Waals surface area contributed by atoms with Crippen molar-refractivity contribution in [1.29, 1.82) is 0 Å². The third-order valence-electron chi connectivity index (χ3n) is 1.59. The molecular formula is C8H8ClF3N2O. The molecule has 1 heterocycles. The molecular weight excluding hydrogens is 233 g/mol. The van der Waals surface area contributed by atoms with E-state index >= 15 is 0 Å². The van der Waals surface area contributed by atoms with Gasteiger partial charge in [0.15, 0.2) is 6.10 Å². The van der Waals surface area contributed by atoms with Crippen LogP contribution in [0.5, 0.6) is 5.88 Å². The third kappa shape index (κ3) is 3.54. The lowest BCUT2D eigenvalue weighted by molar-refractivity contribution is -0.190. The van der Waals surface area contributed by atoms with Crippen molar-refractivity contribution in [2.24, 2.45) is 0 Å². The van der Waals surface area contributed by atoms with Crippen molar-refractivity contribution in [3.63, 3.8) is 0 Å². The second-order valence-corrected chi connectivity index (χ2v) is 3.07. The summed E-state index contributed by atoms with van der Waals surface area (Å²) < 4.78 is 40.8. The highest BCUT2D eigenvalue weighted by molar-refractivity contribution is 6.16. The minimum atomic E-state index is -4.41.